The van der Waals surface area contributed by atoms with Crippen LogP contribution < -0.4 is 0 Å². The first-order chi connectivity index (χ1) is 7.72. The van der Waals surface area contributed by atoms with Crippen molar-refractivity contribution in [1.82, 2.24) is 0 Å². The van der Waals surface area contributed by atoms with Gasteiger partial charge in [0.25, 0.3) is 0 Å². The van der Waals surface area contributed by atoms with Crippen molar-refractivity contribution in [3.05, 3.63) is 47.2 Å². The second-order valence-corrected chi connectivity index (χ2v) is 3.52. The predicted molar refractivity (Wildman–Crippen MR) is 59.0 cm³/mol. The molecule has 2 rings (SSSR count). The number of aryl methyl sites for hydroxylation is 1. The van der Waals surface area contributed by atoms with E-state index >= 15 is 0 Å². The van der Waals surface area contributed by atoms with Crippen LogP contribution in [0.15, 0.2) is 34.7 Å². The average Bonchev–Trinajstić information content (AvgIpc) is 2.76. The van der Waals surface area contributed by atoms with Gasteiger partial charge in [0.05, 0.1) is 11.6 Å². The third-order valence-corrected chi connectivity index (χ3v) is 2.23. The van der Waals surface area contributed by atoms with E-state index in [4.69, 9.17) is 9.68 Å². The minimum Gasteiger partial charge on any atom is -0.453 e. The second-order valence-electron chi connectivity index (χ2n) is 3.52. The van der Waals surface area contributed by atoms with E-state index in [2.05, 4.69) is 6.07 Å². The number of nitriles is 1. The first kappa shape index (κ1) is 10.2. The Morgan fingerprint density at radius 1 is 1.31 bits per heavy atom. The standard InChI is InChI=1S/C13H9NO2/c1-9-4-10(7-14)6-11(5-9)13-3-2-12(8-15)16-13/h2-6,8H,1H3. The van der Waals surface area contributed by atoms with Gasteiger partial charge in [-0.15, -0.1) is 0 Å². The van der Waals surface area contributed by atoms with E-state index in [1.54, 1.807) is 24.3 Å². The molecule has 0 saturated carbocycles. The van der Waals surface area contributed by atoms with E-state index in [9.17, 15) is 4.79 Å². The van der Waals surface area contributed by atoms with Gasteiger partial charge < -0.3 is 4.42 Å². The van der Waals surface area contributed by atoms with Gasteiger partial charge in [0.2, 0.25) is 0 Å². The summed E-state index contributed by atoms with van der Waals surface area (Å²) in [7, 11) is 0. The summed E-state index contributed by atoms with van der Waals surface area (Å²) in [5.41, 5.74) is 2.38. The number of nitrogens with zero attached hydrogens (tertiary/aromatic N) is 1. The molecular formula is C13H9NO2. The zero-order valence-corrected chi connectivity index (χ0v) is 8.73. The highest BCUT2D eigenvalue weighted by Gasteiger charge is 2.06. The molecule has 0 amide bonds. The fourth-order valence-corrected chi connectivity index (χ4v) is 1.56. The molecule has 3 nitrogen and oxygen atoms in total. The Hall–Kier alpha value is -2.34. The Kier molecular flexibility index (Phi) is 2.57. The molecule has 0 unspecified atom stereocenters. The molecule has 0 fully saturated rings. The maximum Gasteiger partial charge on any atom is 0.185 e. The van der Waals surface area contributed by atoms with Crippen LogP contribution in [0.25, 0.3) is 11.3 Å². The quantitative estimate of drug-likeness (QED) is 0.717. The first-order valence-corrected chi connectivity index (χ1v) is 4.80. The van der Waals surface area contributed by atoms with Gasteiger partial charge in [-0.05, 0) is 42.8 Å². The largest absolute Gasteiger partial charge is 0.453 e. The summed E-state index contributed by atoms with van der Waals surface area (Å²) in [6, 6.07) is 10.9. The van der Waals surface area contributed by atoms with Crippen LogP contribution in [0.4, 0.5) is 0 Å². The van der Waals surface area contributed by atoms with Gasteiger partial charge in [0, 0.05) is 5.56 Å². The molecule has 0 radical (unpaired) electrons. The number of furan rings is 1. The van der Waals surface area contributed by atoms with E-state index in [-0.39, 0.29) is 5.76 Å². The lowest BCUT2D eigenvalue weighted by atomic mass is 10.1. The zero-order valence-electron chi connectivity index (χ0n) is 8.73. The molecule has 2 aromatic rings. The smallest absolute Gasteiger partial charge is 0.185 e. The number of rotatable bonds is 2. The summed E-state index contributed by atoms with van der Waals surface area (Å²) in [5, 5.41) is 8.85. The van der Waals surface area contributed by atoms with E-state index in [0.29, 0.717) is 17.6 Å². The SMILES string of the molecule is Cc1cc(C#N)cc(-c2ccc(C=O)o2)c1. The lowest BCUT2D eigenvalue weighted by Crippen LogP contribution is -1.81. The number of hydrogen-bond donors (Lipinski definition) is 0. The highest BCUT2D eigenvalue weighted by atomic mass is 16.3. The Bertz CT molecular complexity index is 576. The molecule has 3 heteroatoms. The highest BCUT2D eigenvalue weighted by molar-refractivity contribution is 5.73. The van der Waals surface area contributed by atoms with Crippen molar-refractivity contribution in [3.63, 3.8) is 0 Å². The topological polar surface area (TPSA) is 54.0 Å². The van der Waals surface area contributed by atoms with Crippen LogP contribution in [0.3, 0.4) is 0 Å². The number of benzene rings is 1. The Morgan fingerprint density at radius 2 is 2.12 bits per heavy atom. The fourth-order valence-electron chi connectivity index (χ4n) is 1.56. The third-order valence-electron chi connectivity index (χ3n) is 2.23. The van der Waals surface area contributed by atoms with Crippen LogP contribution in [0.1, 0.15) is 21.7 Å². The van der Waals surface area contributed by atoms with Gasteiger partial charge in [-0.2, -0.15) is 5.26 Å². The summed E-state index contributed by atoms with van der Waals surface area (Å²) >= 11 is 0. The molecule has 16 heavy (non-hydrogen) atoms. The molecule has 1 aromatic carbocycles. The highest BCUT2D eigenvalue weighted by Crippen LogP contribution is 2.23. The van der Waals surface area contributed by atoms with Crippen molar-refractivity contribution in [3.8, 4) is 17.4 Å². The first-order valence-electron chi connectivity index (χ1n) is 4.80. The summed E-state index contributed by atoms with van der Waals surface area (Å²) in [5.74, 6) is 0.886. The van der Waals surface area contributed by atoms with Gasteiger partial charge in [-0.3, -0.25) is 4.79 Å². The van der Waals surface area contributed by atoms with Crippen LogP contribution in [-0.2, 0) is 0 Å². The van der Waals surface area contributed by atoms with Crippen LogP contribution in [0.5, 0.6) is 0 Å². The normalized spacial score (nSPS) is 9.75. The fraction of sp³-hybridized carbons (Fsp3) is 0.0769. The van der Waals surface area contributed by atoms with E-state index in [0.717, 1.165) is 11.1 Å². The number of carbonyl (C=O) groups is 1. The van der Waals surface area contributed by atoms with Crippen molar-refractivity contribution in [2.24, 2.45) is 0 Å². The average molecular weight is 211 g/mol. The van der Waals surface area contributed by atoms with Crippen molar-refractivity contribution < 1.29 is 9.21 Å². The molecule has 78 valence electrons. The van der Waals surface area contributed by atoms with Crippen molar-refractivity contribution in [2.45, 2.75) is 6.92 Å². The lowest BCUT2D eigenvalue weighted by molar-refractivity contribution is 0.110. The molecular weight excluding hydrogens is 202 g/mol. The predicted octanol–water partition coefficient (Wildman–Crippen LogP) is 2.94. The van der Waals surface area contributed by atoms with Gasteiger partial charge in [0.15, 0.2) is 12.0 Å². The number of hydrogen-bond acceptors (Lipinski definition) is 3. The molecule has 1 aromatic heterocycles. The van der Waals surface area contributed by atoms with Crippen LogP contribution in [-0.4, -0.2) is 6.29 Å². The Labute approximate surface area is 92.9 Å². The molecule has 0 aliphatic rings. The van der Waals surface area contributed by atoms with Crippen LogP contribution >= 0.6 is 0 Å². The van der Waals surface area contributed by atoms with E-state index in [1.807, 2.05) is 13.0 Å². The van der Waals surface area contributed by atoms with Crippen molar-refractivity contribution in [2.75, 3.05) is 0 Å². The number of aldehydes is 1. The summed E-state index contributed by atoms with van der Waals surface area (Å²) < 4.78 is 5.30. The molecule has 1 heterocycles. The summed E-state index contributed by atoms with van der Waals surface area (Å²) in [4.78, 5) is 10.5. The molecule has 0 N–H and O–H groups in total. The molecule has 0 saturated heterocycles. The Balaban J connectivity index is 2.51. The van der Waals surface area contributed by atoms with Crippen LogP contribution in [0.2, 0.25) is 0 Å². The minimum absolute atomic E-state index is 0.287. The summed E-state index contributed by atoms with van der Waals surface area (Å²) in [6.45, 7) is 1.91. The molecule has 0 aliphatic heterocycles. The van der Waals surface area contributed by atoms with E-state index in [1.165, 1.54) is 0 Å². The molecule has 0 aliphatic carbocycles. The van der Waals surface area contributed by atoms with Gasteiger partial charge in [-0.1, -0.05) is 0 Å². The number of carbonyl (C=O) groups excluding carboxylic acids is 1. The van der Waals surface area contributed by atoms with E-state index < -0.39 is 0 Å². The van der Waals surface area contributed by atoms with Gasteiger partial charge >= 0.3 is 0 Å². The van der Waals surface area contributed by atoms with Gasteiger partial charge in [-0.25, -0.2) is 0 Å². The third kappa shape index (κ3) is 1.86. The van der Waals surface area contributed by atoms with Crippen molar-refractivity contribution >= 4 is 6.29 Å². The summed E-state index contributed by atoms with van der Waals surface area (Å²) in [6.07, 6.45) is 0.657. The maximum atomic E-state index is 10.5. The molecule has 0 spiro atoms. The van der Waals surface area contributed by atoms with Crippen LogP contribution in [0, 0.1) is 18.3 Å². The second kappa shape index (κ2) is 4.03. The molecule has 0 atom stereocenters. The maximum absolute atomic E-state index is 10.5. The van der Waals surface area contributed by atoms with Crippen molar-refractivity contribution in [1.29, 1.82) is 5.26 Å². The molecule has 0 bridgehead atoms. The van der Waals surface area contributed by atoms with Gasteiger partial charge in [0.1, 0.15) is 5.76 Å². The Morgan fingerprint density at radius 3 is 2.75 bits per heavy atom. The zero-order chi connectivity index (χ0) is 11.5. The monoisotopic (exact) mass is 211 g/mol. The minimum atomic E-state index is 0.287. The lowest BCUT2D eigenvalue weighted by Gasteiger charge is -2.00.